The third kappa shape index (κ3) is 1.70. The maximum atomic E-state index is 5.67. The van der Waals surface area contributed by atoms with Crippen molar-refractivity contribution in [3.8, 4) is 0 Å². The Morgan fingerprint density at radius 1 is 1.31 bits per heavy atom. The Bertz CT molecular complexity index is 321. The van der Waals surface area contributed by atoms with Crippen LogP contribution in [0.15, 0.2) is 35.3 Å². The molecule has 1 aromatic rings. The first-order valence-corrected chi connectivity index (χ1v) is 5.20. The molecule has 1 aliphatic heterocycles. The molecule has 0 amide bonds. The Morgan fingerprint density at radius 2 is 2.00 bits per heavy atom. The standard InChI is InChI=1S/C10H12N2S/c1-7-9(13-10(11)12-7)8-5-3-2-4-6-8/h2-7,9H,1H3,(H2,11,12)/t7-,9+/m0/s1. The Morgan fingerprint density at radius 3 is 2.54 bits per heavy atom. The topological polar surface area (TPSA) is 38.4 Å². The lowest BCUT2D eigenvalue weighted by atomic mass is 10.1. The van der Waals surface area contributed by atoms with Gasteiger partial charge in [-0.2, -0.15) is 0 Å². The fraction of sp³-hybridized carbons (Fsp3) is 0.300. The summed E-state index contributed by atoms with van der Waals surface area (Å²) in [5.74, 6) is 0. The van der Waals surface area contributed by atoms with E-state index in [2.05, 4.69) is 36.2 Å². The molecule has 0 radical (unpaired) electrons. The second-order valence-electron chi connectivity index (χ2n) is 3.16. The average Bonchev–Trinajstić information content (AvgIpc) is 2.47. The molecule has 2 N–H and O–H groups in total. The quantitative estimate of drug-likeness (QED) is 0.740. The molecule has 13 heavy (non-hydrogen) atoms. The zero-order valence-corrected chi connectivity index (χ0v) is 8.29. The van der Waals surface area contributed by atoms with Crippen LogP contribution in [-0.4, -0.2) is 11.2 Å². The van der Waals surface area contributed by atoms with Crippen molar-refractivity contribution in [2.24, 2.45) is 10.7 Å². The smallest absolute Gasteiger partial charge is 0.154 e. The Balaban J connectivity index is 2.21. The zero-order chi connectivity index (χ0) is 9.26. The van der Waals surface area contributed by atoms with Gasteiger partial charge in [0.1, 0.15) is 0 Å². The fourth-order valence-corrected chi connectivity index (χ4v) is 2.55. The molecule has 68 valence electrons. The molecule has 1 aliphatic rings. The monoisotopic (exact) mass is 192 g/mol. The molecule has 0 unspecified atom stereocenters. The number of hydrogen-bond donors (Lipinski definition) is 1. The number of aliphatic imine (C=N–C) groups is 1. The molecule has 0 bridgehead atoms. The zero-order valence-electron chi connectivity index (χ0n) is 7.47. The summed E-state index contributed by atoms with van der Waals surface area (Å²) in [4.78, 5) is 4.30. The molecule has 2 atom stereocenters. The predicted molar refractivity (Wildman–Crippen MR) is 57.9 cm³/mol. The van der Waals surface area contributed by atoms with E-state index in [-0.39, 0.29) is 0 Å². The van der Waals surface area contributed by atoms with Gasteiger partial charge in [0.2, 0.25) is 0 Å². The van der Waals surface area contributed by atoms with Gasteiger partial charge in [0.25, 0.3) is 0 Å². The molecule has 3 heteroatoms. The van der Waals surface area contributed by atoms with Crippen molar-refractivity contribution in [1.82, 2.24) is 0 Å². The van der Waals surface area contributed by atoms with E-state index in [4.69, 9.17) is 5.73 Å². The molecule has 0 aliphatic carbocycles. The molecule has 0 fully saturated rings. The van der Waals surface area contributed by atoms with Crippen LogP contribution in [0.25, 0.3) is 0 Å². The van der Waals surface area contributed by atoms with Crippen LogP contribution in [0, 0.1) is 0 Å². The van der Waals surface area contributed by atoms with Gasteiger partial charge in [0.15, 0.2) is 5.17 Å². The number of amidine groups is 1. The van der Waals surface area contributed by atoms with Crippen LogP contribution in [0.5, 0.6) is 0 Å². The van der Waals surface area contributed by atoms with E-state index in [0.29, 0.717) is 16.5 Å². The highest BCUT2D eigenvalue weighted by Crippen LogP contribution is 2.38. The van der Waals surface area contributed by atoms with Crippen LogP contribution in [0.1, 0.15) is 17.7 Å². The molecule has 2 rings (SSSR count). The number of nitrogens with two attached hydrogens (primary N) is 1. The van der Waals surface area contributed by atoms with Crippen molar-refractivity contribution in [3.05, 3.63) is 35.9 Å². The van der Waals surface area contributed by atoms with E-state index in [1.165, 1.54) is 5.56 Å². The van der Waals surface area contributed by atoms with E-state index in [1.54, 1.807) is 11.8 Å². The molecular formula is C10H12N2S. The number of rotatable bonds is 1. The van der Waals surface area contributed by atoms with Gasteiger partial charge in [-0.3, -0.25) is 4.99 Å². The average molecular weight is 192 g/mol. The van der Waals surface area contributed by atoms with Gasteiger partial charge < -0.3 is 5.73 Å². The van der Waals surface area contributed by atoms with Crippen LogP contribution in [0.4, 0.5) is 0 Å². The lowest BCUT2D eigenvalue weighted by Crippen LogP contribution is -2.04. The Labute approximate surface area is 82.2 Å². The van der Waals surface area contributed by atoms with Gasteiger partial charge in [-0.15, -0.1) is 0 Å². The molecule has 1 heterocycles. The van der Waals surface area contributed by atoms with E-state index >= 15 is 0 Å². The van der Waals surface area contributed by atoms with Gasteiger partial charge in [0, 0.05) is 0 Å². The molecule has 0 aromatic heterocycles. The van der Waals surface area contributed by atoms with Gasteiger partial charge in [-0.1, -0.05) is 42.1 Å². The van der Waals surface area contributed by atoms with Crippen LogP contribution in [0.2, 0.25) is 0 Å². The van der Waals surface area contributed by atoms with Crippen molar-refractivity contribution in [2.75, 3.05) is 0 Å². The van der Waals surface area contributed by atoms with E-state index in [0.717, 1.165) is 0 Å². The number of benzene rings is 1. The summed E-state index contributed by atoms with van der Waals surface area (Å²) in [5.41, 5.74) is 6.98. The second kappa shape index (κ2) is 3.42. The third-order valence-corrected chi connectivity index (χ3v) is 3.41. The summed E-state index contributed by atoms with van der Waals surface area (Å²) < 4.78 is 0. The SMILES string of the molecule is C[C@@H]1N=C(N)S[C@H]1c1ccccc1. The first-order valence-electron chi connectivity index (χ1n) is 4.32. The largest absolute Gasteiger partial charge is 0.379 e. The molecular weight excluding hydrogens is 180 g/mol. The summed E-state index contributed by atoms with van der Waals surface area (Å²) in [6.07, 6.45) is 0. The van der Waals surface area contributed by atoms with Crippen molar-refractivity contribution in [3.63, 3.8) is 0 Å². The summed E-state index contributed by atoms with van der Waals surface area (Å²) in [7, 11) is 0. The molecule has 0 saturated carbocycles. The van der Waals surface area contributed by atoms with Crippen LogP contribution in [-0.2, 0) is 0 Å². The second-order valence-corrected chi connectivity index (χ2v) is 4.32. The third-order valence-electron chi connectivity index (χ3n) is 2.14. The maximum Gasteiger partial charge on any atom is 0.154 e. The highest BCUT2D eigenvalue weighted by atomic mass is 32.2. The highest BCUT2D eigenvalue weighted by Gasteiger charge is 2.26. The number of nitrogens with zero attached hydrogens (tertiary/aromatic N) is 1. The Kier molecular flexibility index (Phi) is 2.27. The molecule has 2 nitrogen and oxygen atoms in total. The summed E-state index contributed by atoms with van der Waals surface area (Å²) in [6.45, 7) is 2.10. The molecule has 0 spiro atoms. The normalized spacial score (nSPS) is 27.3. The first kappa shape index (κ1) is 8.63. The van der Waals surface area contributed by atoms with Crippen LogP contribution >= 0.6 is 11.8 Å². The van der Waals surface area contributed by atoms with Crippen molar-refractivity contribution in [1.29, 1.82) is 0 Å². The lowest BCUT2D eigenvalue weighted by Gasteiger charge is -2.12. The van der Waals surface area contributed by atoms with E-state index in [1.807, 2.05) is 6.07 Å². The highest BCUT2D eigenvalue weighted by molar-refractivity contribution is 8.14. The van der Waals surface area contributed by atoms with Crippen LogP contribution in [0.3, 0.4) is 0 Å². The van der Waals surface area contributed by atoms with Gasteiger partial charge in [0.05, 0.1) is 11.3 Å². The Hall–Kier alpha value is -0.960. The first-order chi connectivity index (χ1) is 6.27. The van der Waals surface area contributed by atoms with E-state index < -0.39 is 0 Å². The minimum absolute atomic E-state index is 0.299. The van der Waals surface area contributed by atoms with Gasteiger partial charge in [-0.25, -0.2) is 0 Å². The lowest BCUT2D eigenvalue weighted by molar-refractivity contribution is 0.739. The maximum absolute atomic E-state index is 5.67. The predicted octanol–water partition coefficient (Wildman–Crippen LogP) is 2.18. The summed E-state index contributed by atoms with van der Waals surface area (Å²) >= 11 is 1.65. The van der Waals surface area contributed by atoms with Crippen LogP contribution < -0.4 is 5.73 Å². The molecule has 1 aromatic carbocycles. The summed E-state index contributed by atoms with van der Waals surface area (Å²) in [6, 6.07) is 10.7. The minimum atomic E-state index is 0.299. The minimum Gasteiger partial charge on any atom is -0.379 e. The van der Waals surface area contributed by atoms with Gasteiger partial charge in [-0.05, 0) is 12.5 Å². The van der Waals surface area contributed by atoms with Crippen molar-refractivity contribution >= 4 is 16.9 Å². The molecule has 0 saturated heterocycles. The van der Waals surface area contributed by atoms with Crippen molar-refractivity contribution < 1.29 is 0 Å². The number of thioether (sulfide) groups is 1. The number of hydrogen-bond acceptors (Lipinski definition) is 3. The van der Waals surface area contributed by atoms with E-state index in [9.17, 15) is 0 Å². The van der Waals surface area contributed by atoms with Gasteiger partial charge >= 0.3 is 0 Å². The van der Waals surface area contributed by atoms with Crippen molar-refractivity contribution in [2.45, 2.75) is 18.2 Å². The summed E-state index contributed by atoms with van der Waals surface area (Å²) in [5, 5.41) is 1.11. The fourth-order valence-electron chi connectivity index (χ4n) is 1.52.